The third-order valence-electron chi connectivity index (χ3n) is 4.49. The van der Waals surface area contributed by atoms with E-state index in [4.69, 9.17) is 14.2 Å². The van der Waals surface area contributed by atoms with E-state index in [1.807, 2.05) is 26.0 Å². The maximum Gasteiger partial charge on any atom is 0.344 e. The van der Waals surface area contributed by atoms with Gasteiger partial charge in [0, 0.05) is 29.2 Å². The van der Waals surface area contributed by atoms with Crippen LogP contribution in [-0.4, -0.2) is 35.5 Å². The van der Waals surface area contributed by atoms with Gasteiger partial charge in [0.25, 0.3) is 5.69 Å². The third kappa shape index (κ3) is 4.71. The van der Waals surface area contributed by atoms with Crippen molar-refractivity contribution in [3.8, 4) is 11.5 Å². The van der Waals surface area contributed by atoms with E-state index in [9.17, 15) is 19.7 Å². The molecular weight excluding hydrogens is 378 g/mol. The summed E-state index contributed by atoms with van der Waals surface area (Å²) in [5.41, 5.74) is 1.04. The second-order valence-electron chi connectivity index (χ2n) is 7.41. The number of para-hydroxylation sites is 1. The zero-order valence-corrected chi connectivity index (χ0v) is 16.4. The molecule has 1 aliphatic rings. The first-order chi connectivity index (χ1) is 13.7. The van der Waals surface area contributed by atoms with Gasteiger partial charge in [0.2, 0.25) is 5.78 Å². The Morgan fingerprint density at radius 2 is 1.97 bits per heavy atom. The molecule has 29 heavy (non-hydrogen) atoms. The molecule has 8 nitrogen and oxygen atoms in total. The molecule has 0 aromatic heterocycles. The molecule has 0 bridgehead atoms. The van der Waals surface area contributed by atoms with Crippen molar-refractivity contribution in [2.75, 3.05) is 13.2 Å². The number of carbonyl (C=O) groups is 2. The highest BCUT2D eigenvalue weighted by Crippen LogP contribution is 2.41. The van der Waals surface area contributed by atoms with Crippen molar-refractivity contribution in [3.63, 3.8) is 0 Å². The molecule has 0 fully saturated rings. The van der Waals surface area contributed by atoms with E-state index in [1.165, 1.54) is 18.2 Å². The van der Waals surface area contributed by atoms with Gasteiger partial charge in [-0.05, 0) is 26.8 Å². The first kappa shape index (κ1) is 20.3. The lowest BCUT2D eigenvalue weighted by molar-refractivity contribution is -0.385. The van der Waals surface area contributed by atoms with Crippen molar-refractivity contribution < 1.29 is 28.7 Å². The number of Topliss-reactive ketones (excluding diaryl/α,β-unsaturated/α-hetero) is 1. The minimum atomic E-state index is -0.727. The van der Waals surface area contributed by atoms with Gasteiger partial charge in [0.15, 0.2) is 24.7 Å². The van der Waals surface area contributed by atoms with Crippen molar-refractivity contribution >= 4 is 17.4 Å². The number of nitro benzene ring substituents is 1. The van der Waals surface area contributed by atoms with E-state index >= 15 is 0 Å². The fourth-order valence-electron chi connectivity index (χ4n) is 3.09. The van der Waals surface area contributed by atoms with Crippen LogP contribution in [0.1, 0.15) is 35.3 Å². The molecule has 8 heteroatoms. The molecule has 1 heterocycles. The average molecular weight is 399 g/mol. The molecular formula is C21H21NO7. The zero-order valence-electron chi connectivity index (χ0n) is 16.4. The Balaban J connectivity index is 1.55. The molecule has 0 N–H and O–H groups in total. The van der Waals surface area contributed by atoms with Crippen LogP contribution in [0.15, 0.2) is 36.4 Å². The Kier molecular flexibility index (Phi) is 5.54. The second-order valence-corrected chi connectivity index (χ2v) is 7.41. The van der Waals surface area contributed by atoms with Crippen LogP contribution in [0.4, 0.5) is 5.69 Å². The quantitative estimate of drug-likeness (QED) is 0.304. The van der Waals surface area contributed by atoms with Gasteiger partial charge >= 0.3 is 5.97 Å². The van der Waals surface area contributed by atoms with Gasteiger partial charge in [-0.25, -0.2) is 4.79 Å². The van der Waals surface area contributed by atoms with Crippen molar-refractivity contribution in [3.05, 3.63) is 63.2 Å². The van der Waals surface area contributed by atoms with E-state index in [0.29, 0.717) is 17.1 Å². The number of ether oxygens (including phenoxy) is 3. The van der Waals surface area contributed by atoms with Crippen LogP contribution < -0.4 is 9.47 Å². The van der Waals surface area contributed by atoms with Crippen molar-refractivity contribution in [2.45, 2.75) is 32.8 Å². The number of fused-ring (bicyclic) bond motifs is 1. The van der Waals surface area contributed by atoms with Crippen molar-refractivity contribution in [1.29, 1.82) is 0 Å². The number of carbonyl (C=O) groups excluding carboxylic acids is 2. The lowest BCUT2D eigenvalue weighted by Gasteiger charge is -2.18. The Hall–Kier alpha value is -3.42. The largest absolute Gasteiger partial charge is 0.483 e. The topological polar surface area (TPSA) is 105 Å². The number of hydrogen-bond acceptors (Lipinski definition) is 7. The van der Waals surface area contributed by atoms with Crippen molar-refractivity contribution in [1.82, 2.24) is 0 Å². The average Bonchev–Trinajstić information content (AvgIpc) is 2.98. The number of esters is 1. The first-order valence-electron chi connectivity index (χ1n) is 9.04. The van der Waals surface area contributed by atoms with Crippen LogP contribution in [0.2, 0.25) is 0 Å². The van der Waals surface area contributed by atoms with Crippen molar-refractivity contribution in [2.24, 2.45) is 0 Å². The van der Waals surface area contributed by atoms with Crippen LogP contribution in [0.25, 0.3) is 0 Å². The van der Waals surface area contributed by atoms with E-state index < -0.39 is 23.3 Å². The highest BCUT2D eigenvalue weighted by Gasteiger charge is 2.32. The fourth-order valence-corrected chi connectivity index (χ4v) is 3.09. The van der Waals surface area contributed by atoms with E-state index in [1.54, 1.807) is 13.0 Å². The normalized spacial score (nSPS) is 13.9. The fraction of sp³-hybridized carbons (Fsp3) is 0.333. The SMILES string of the molecule is Cc1ccc(C(=O)COC(=O)COc2cccc3c2OC(C)(C)C3)cc1[N+](=O)[O-]. The summed E-state index contributed by atoms with van der Waals surface area (Å²) < 4.78 is 16.3. The Labute approximate surface area is 167 Å². The number of benzene rings is 2. The summed E-state index contributed by atoms with van der Waals surface area (Å²) in [4.78, 5) is 34.6. The molecule has 0 unspecified atom stereocenters. The van der Waals surface area contributed by atoms with Gasteiger partial charge in [-0.15, -0.1) is 0 Å². The monoisotopic (exact) mass is 399 g/mol. The molecule has 0 amide bonds. The standard InChI is InChI=1S/C21H21NO7/c1-13-7-8-14(9-16(13)22(25)26)17(23)11-28-19(24)12-27-18-6-4-5-15-10-21(2,3)29-20(15)18/h4-9H,10-12H2,1-3H3. The molecule has 0 atom stereocenters. The maximum atomic E-state index is 12.2. The van der Waals surface area contributed by atoms with E-state index in [-0.39, 0.29) is 23.5 Å². The minimum Gasteiger partial charge on any atom is -0.483 e. The lowest BCUT2D eigenvalue weighted by atomic mass is 10.0. The highest BCUT2D eigenvalue weighted by atomic mass is 16.6. The number of nitrogens with zero attached hydrogens (tertiary/aromatic N) is 1. The predicted octanol–water partition coefficient (Wildman–Crippen LogP) is 3.42. The van der Waals surface area contributed by atoms with E-state index in [2.05, 4.69) is 0 Å². The molecule has 0 saturated heterocycles. The molecule has 0 radical (unpaired) electrons. The van der Waals surface area contributed by atoms with Crippen LogP contribution in [-0.2, 0) is 16.0 Å². The van der Waals surface area contributed by atoms with Crippen LogP contribution >= 0.6 is 0 Å². The predicted molar refractivity (Wildman–Crippen MR) is 103 cm³/mol. The summed E-state index contributed by atoms with van der Waals surface area (Å²) in [7, 11) is 0. The highest BCUT2D eigenvalue weighted by molar-refractivity contribution is 5.98. The third-order valence-corrected chi connectivity index (χ3v) is 4.49. The molecule has 1 aliphatic heterocycles. The Morgan fingerprint density at radius 1 is 1.21 bits per heavy atom. The first-order valence-corrected chi connectivity index (χ1v) is 9.04. The summed E-state index contributed by atoms with van der Waals surface area (Å²) in [5, 5.41) is 11.0. The molecule has 152 valence electrons. The second kappa shape index (κ2) is 7.90. The summed E-state index contributed by atoms with van der Waals surface area (Å²) in [6, 6.07) is 9.57. The van der Waals surface area contributed by atoms with Gasteiger partial charge in [0.1, 0.15) is 5.60 Å². The number of rotatable bonds is 7. The Bertz CT molecular complexity index is 981. The summed E-state index contributed by atoms with van der Waals surface area (Å²) in [6.07, 6.45) is 0.737. The van der Waals surface area contributed by atoms with Gasteiger partial charge < -0.3 is 14.2 Å². The minimum absolute atomic E-state index is 0.104. The van der Waals surface area contributed by atoms with Crippen LogP contribution in [0.3, 0.4) is 0 Å². The number of hydrogen-bond donors (Lipinski definition) is 0. The van der Waals surface area contributed by atoms with Crippen LogP contribution in [0, 0.1) is 17.0 Å². The molecule has 0 saturated carbocycles. The molecule has 3 rings (SSSR count). The molecule has 0 aliphatic carbocycles. The summed E-state index contributed by atoms with van der Waals surface area (Å²) >= 11 is 0. The molecule has 2 aromatic rings. The smallest absolute Gasteiger partial charge is 0.344 e. The lowest BCUT2D eigenvalue weighted by Crippen LogP contribution is -2.25. The van der Waals surface area contributed by atoms with Crippen LogP contribution in [0.5, 0.6) is 11.5 Å². The zero-order chi connectivity index (χ0) is 21.2. The van der Waals surface area contributed by atoms with Gasteiger partial charge in [-0.3, -0.25) is 14.9 Å². The number of nitro groups is 1. The van der Waals surface area contributed by atoms with Gasteiger partial charge in [0.05, 0.1) is 4.92 Å². The maximum absolute atomic E-state index is 12.2. The van der Waals surface area contributed by atoms with Gasteiger partial charge in [-0.1, -0.05) is 24.3 Å². The molecule has 0 spiro atoms. The number of ketones is 1. The van der Waals surface area contributed by atoms with Gasteiger partial charge in [-0.2, -0.15) is 0 Å². The summed E-state index contributed by atoms with van der Waals surface area (Å²) in [5.74, 6) is -0.221. The molecule has 2 aromatic carbocycles. The Morgan fingerprint density at radius 3 is 2.69 bits per heavy atom. The summed E-state index contributed by atoms with van der Waals surface area (Å²) in [6.45, 7) is 4.59. The number of aryl methyl sites for hydroxylation is 1. The van der Waals surface area contributed by atoms with E-state index in [0.717, 1.165) is 12.0 Å².